The Hall–Kier alpha value is -2.62. The first-order valence-electron chi connectivity index (χ1n) is 12.4. The minimum absolute atomic E-state index is 0.354. The second-order valence-electron chi connectivity index (χ2n) is 9.69. The molecule has 0 aliphatic rings. The van der Waals surface area contributed by atoms with E-state index in [1.807, 2.05) is 39.0 Å². The SMILES string of the molecule is C=C(C)c1cccc(C(C)(C)NC(=O)OCCCCCCCCCC[n+]2ccc(C)cc2)c1. The number of allylic oxidation sites excluding steroid dienone is 1. The van der Waals surface area contributed by atoms with Crippen LogP contribution in [0.15, 0.2) is 55.4 Å². The second-order valence-corrected chi connectivity index (χ2v) is 9.69. The standard InChI is InChI=1S/C29H42N2O2/c1-24(2)26-15-14-16-27(23-26)29(4,5)30-28(32)33-22-13-11-9-7-6-8-10-12-19-31-20-17-25(3)18-21-31/h14-18,20-21,23H,1,6-13,19,22H2,2-5H3/p+1. The van der Waals surface area contributed by atoms with E-state index >= 15 is 0 Å². The molecule has 0 saturated heterocycles. The van der Waals surface area contributed by atoms with Gasteiger partial charge in [-0.1, -0.05) is 62.5 Å². The zero-order chi connectivity index (χ0) is 24.1. The summed E-state index contributed by atoms with van der Waals surface area (Å²) >= 11 is 0. The molecule has 2 aromatic rings. The van der Waals surface area contributed by atoms with E-state index in [2.05, 4.69) is 54.0 Å². The van der Waals surface area contributed by atoms with Gasteiger partial charge in [-0.05, 0) is 63.3 Å². The number of nitrogens with zero attached hydrogens (tertiary/aromatic N) is 1. The Kier molecular flexibility index (Phi) is 11.2. The molecule has 0 aliphatic heterocycles. The van der Waals surface area contributed by atoms with E-state index in [1.165, 1.54) is 44.1 Å². The molecule has 1 heterocycles. The van der Waals surface area contributed by atoms with Crippen LogP contribution in [0.1, 0.15) is 88.8 Å². The fourth-order valence-corrected chi connectivity index (χ4v) is 3.84. The first-order valence-corrected chi connectivity index (χ1v) is 12.4. The van der Waals surface area contributed by atoms with E-state index in [9.17, 15) is 4.79 Å². The van der Waals surface area contributed by atoms with Crippen LogP contribution in [0.5, 0.6) is 0 Å². The van der Waals surface area contributed by atoms with Crippen molar-refractivity contribution in [2.45, 2.75) is 91.1 Å². The first kappa shape index (κ1) is 26.6. The number of aromatic nitrogens is 1. The highest BCUT2D eigenvalue weighted by Crippen LogP contribution is 2.23. The molecule has 180 valence electrons. The van der Waals surface area contributed by atoms with E-state index in [0.29, 0.717) is 6.61 Å². The Morgan fingerprint density at radius 2 is 1.58 bits per heavy atom. The van der Waals surface area contributed by atoms with Crippen molar-refractivity contribution in [2.75, 3.05) is 6.61 Å². The summed E-state index contributed by atoms with van der Waals surface area (Å²) in [5, 5.41) is 2.99. The van der Waals surface area contributed by atoms with Gasteiger partial charge in [-0.15, -0.1) is 0 Å². The monoisotopic (exact) mass is 451 g/mol. The van der Waals surface area contributed by atoms with Crippen LogP contribution in [0.2, 0.25) is 0 Å². The van der Waals surface area contributed by atoms with Crippen LogP contribution in [0, 0.1) is 6.92 Å². The Balaban J connectivity index is 1.50. The fraction of sp³-hybridized carbons (Fsp3) is 0.517. The highest BCUT2D eigenvalue weighted by atomic mass is 16.5. The van der Waals surface area contributed by atoms with Crippen LogP contribution in [-0.2, 0) is 16.8 Å². The number of alkyl carbamates (subject to hydrolysis) is 1. The number of hydrogen-bond acceptors (Lipinski definition) is 2. The molecule has 4 heteroatoms. The lowest BCUT2D eigenvalue weighted by Crippen LogP contribution is -2.41. The maximum Gasteiger partial charge on any atom is 0.407 e. The van der Waals surface area contributed by atoms with Crippen LogP contribution in [0.3, 0.4) is 0 Å². The fourth-order valence-electron chi connectivity index (χ4n) is 3.84. The highest BCUT2D eigenvalue weighted by Gasteiger charge is 2.23. The molecule has 0 atom stereocenters. The van der Waals surface area contributed by atoms with E-state index in [1.54, 1.807) is 0 Å². The van der Waals surface area contributed by atoms with Crippen molar-refractivity contribution < 1.29 is 14.1 Å². The van der Waals surface area contributed by atoms with Gasteiger partial charge in [0.15, 0.2) is 12.4 Å². The number of aryl methyl sites for hydroxylation is 2. The molecule has 0 saturated carbocycles. The van der Waals surface area contributed by atoms with Gasteiger partial charge in [0.25, 0.3) is 0 Å². The molecular formula is C29H43N2O2+. The van der Waals surface area contributed by atoms with Gasteiger partial charge in [0.1, 0.15) is 6.54 Å². The quantitative estimate of drug-likeness (QED) is 0.246. The number of unbranched alkanes of at least 4 members (excludes halogenated alkanes) is 7. The summed E-state index contributed by atoms with van der Waals surface area (Å²) in [6.07, 6.45) is 13.6. The van der Waals surface area contributed by atoms with Crippen molar-refractivity contribution in [1.29, 1.82) is 0 Å². The maximum absolute atomic E-state index is 12.3. The largest absolute Gasteiger partial charge is 0.450 e. The Labute approximate surface area is 201 Å². The zero-order valence-electron chi connectivity index (χ0n) is 21.2. The molecule has 1 aromatic carbocycles. The average molecular weight is 452 g/mol. The second kappa shape index (κ2) is 13.8. The topological polar surface area (TPSA) is 42.2 Å². The summed E-state index contributed by atoms with van der Waals surface area (Å²) in [6, 6.07) is 12.5. The minimum Gasteiger partial charge on any atom is -0.450 e. The number of rotatable bonds is 14. The lowest BCUT2D eigenvalue weighted by molar-refractivity contribution is -0.697. The Morgan fingerprint density at radius 1 is 0.970 bits per heavy atom. The highest BCUT2D eigenvalue weighted by molar-refractivity contribution is 5.69. The van der Waals surface area contributed by atoms with Crippen molar-refractivity contribution in [3.05, 3.63) is 72.1 Å². The lowest BCUT2D eigenvalue weighted by atomic mass is 9.92. The molecule has 0 unspecified atom stereocenters. The predicted molar refractivity (Wildman–Crippen MR) is 137 cm³/mol. The van der Waals surface area contributed by atoms with Gasteiger partial charge in [-0.25, -0.2) is 9.36 Å². The van der Waals surface area contributed by atoms with Gasteiger partial charge in [0, 0.05) is 18.6 Å². The maximum atomic E-state index is 12.3. The normalized spacial score (nSPS) is 11.3. The summed E-state index contributed by atoms with van der Waals surface area (Å²) in [6.45, 7) is 13.7. The number of pyridine rings is 1. The third-order valence-corrected chi connectivity index (χ3v) is 6.09. The summed E-state index contributed by atoms with van der Waals surface area (Å²) < 4.78 is 7.68. The van der Waals surface area contributed by atoms with E-state index < -0.39 is 5.54 Å². The number of carbonyl (C=O) groups excluding carboxylic acids is 1. The van der Waals surface area contributed by atoms with Crippen molar-refractivity contribution in [2.24, 2.45) is 0 Å². The number of carbonyl (C=O) groups is 1. The summed E-state index contributed by atoms with van der Waals surface area (Å²) in [5.74, 6) is 0. The summed E-state index contributed by atoms with van der Waals surface area (Å²) in [7, 11) is 0. The minimum atomic E-state index is -0.500. The van der Waals surface area contributed by atoms with Crippen LogP contribution in [0.25, 0.3) is 5.57 Å². The molecule has 0 radical (unpaired) electrons. The third-order valence-electron chi connectivity index (χ3n) is 6.09. The zero-order valence-corrected chi connectivity index (χ0v) is 21.2. The van der Waals surface area contributed by atoms with Crippen molar-refractivity contribution in [3.63, 3.8) is 0 Å². The number of amides is 1. The van der Waals surface area contributed by atoms with Crippen molar-refractivity contribution >= 4 is 11.7 Å². The third kappa shape index (κ3) is 10.2. The van der Waals surface area contributed by atoms with Gasteiger partial charge in [0.05, 0.1) is 12.1 Å². The van der Waals surface area contributed by atoms with Crippen LogP contribution in [0.4, 0.5) is 4.79 Å². The molecule has 1 N–H and O–H groups in total. The smallest absolute Gasteiger partial charge is 0.407 e. The average Bonchev–Trinajstić information content (AvgIpc) is 2.78. The number of hydrogen-bond donors (Lipinski definition) is 1. The first-order chi connectivity index (χ1) is 15.8. The molecule has 1 aromatic heterocycles. The van der Waals surface area contributed by atoms with Gasteiger partial charge in [-0.2, -0.15) is 0 Å². The van der Waals surface area contributed by atoms with Gasteiger partial charge in [0.2, 0.25) is 0 Å². The summed E-state index contributed by atoms with van der Waals surface area (Å²) in [5.41, 5.74) is 3.95. The molecule has 0 spiro atoms. The van der Waals surface area contributed by atoms with Crippen molar-refractivity contribution in [1.82, 2.24) is 5.32 Å². The van der Waals surface area contributed by atoms with E-state index in [-0.39, 0.29) is 6.09 Å². The summed E-state index contributed by atoms with van der Waals surface area (Å²) in [4.78, 5) is 12.3. The Bertz CT molecular complexity index is 871. The van der Waals surface area contributed by atoms with Crippen LogP contribution in [-0.4, -0.2) is 12.7 Å². The van der Waals surface area contributed by atoms with Gasteiger partial charge in [-0.3, -0.25) is 0 Å². The molecule has 2 rings (SSSR count). The van der Waals surface area contributed by atoms with Crippen LogP contribution >= 0.6 is 0 Å². The van der Waals surface area contributed by atoms with Crippen molar-refractivity contribution in [3.8, 4) is 0 Å². The number of ether oxygens (including phenoxy) is 1. The molecule has 33 heavy (non-hydrogen) atoms. The molecule has 0 aliphatic carbocycles. The lowest BCUT2D eigenvalue weighted by Gasteiger charge is -2.27. The van der Waals surface area contributed by atoms with E-state index in [0.717, 1.165) is 36.1 Å². The number of benzene rings is 1. The van der Waals surface area contributed by atoms with E-state index in [4.69, 9.17) is 4.74 Å². The molecule has 1 amide bonds. The Morgan fingerprint density at radius 3 is 2.21 bits per heavy atom. The predicted octanol–water partition coefficient (Wildman–Crippen LogP) is 7.10. The molecular weight excluding hydrogens is 408 g/mol. The van der Waals surface area contributed by atoms with Gasteiger partial charge >= 0.3 is 6.09 Å². The molecule has 0 bridgehead atoms. The molecule has 0 fully saturated rings. The molecule has 4 nitrogen and oxygen atoms in total. The van der Waals surface area contributed by atoms with Crippen LogP contribution < -0.4 is 9.88 Å². The van der Waals surface area contributed by atoms with Gasteiger partial charge < -0.3 is 10.1 Å². The number of nitrogens with one attached hydrogen (secondary N) is 1.